The predicted molar refractivity (Wildman–Crippen MR) is 95.5 cm³/mol. The van der Waals surface area contributed by atoms with E-state index < -0.39 is 15.4 Å². The number of aliphatic hydroxyl groups is 1. The molecule has 0 rings (SSSR count). The van der Waals surface area contributed by atoms with Gasteiger partial charge in [-0.1, -0.05) is 84.0 Å². The van der Waals surface area contributed by atoms with Gasteiger partial charge in [0.2, 0.25) is 0 Å². The Kier molecular flexibility index (Phi) is 21.1. The van der Waals surface area contributed by atoms with Gasteiger partial charge in [0.05, 0.1) is 10.1 Å². The van der Waals surface area contributed by atoms with Crippen molar-refractivity contribution in [3.63, 3.8) is 0 Å². The van der Waals surface area contributed by atoms with E-state index in [1.165, 1.54) is 19.3 Å². The van der Waals surface area contributed by atoms with Gasteiger partial charge in [0.15, 0.2) is 0 Å². The van der Waals surface area contributed by atoms with Gasteiger partial charge in [0.25, 0.3) is 0 Å². The van der Waals surface area contributed by atoms with E-state index in [0.717, 1.165) is 64.2 Å². The zero-order chi connectivity index (χ0) is 17.4. The predicted octanol–water partition coefficient (Wildman–Crippen LogP) is 1.77. The maximum Gasteiger partial charge on any atom is 1.00 e. The van der Waals surface area contributed by atoms with Crippen molar-refractivity contribution >= 4 is 10.1 Å². The van der Waals surface area contributed by atoms with E-state index in [1.807, 2.05) is 0 Å². The standard InChI is InChI=1S/C18H38O4S.Na/c1-2-3-4-9-12-15-18(23(20,21)22)16-13-10-7-5-6-8-11-14-17-19;/h18-19H,2-17H2,1H3,(H,20,21,22);/q;+1/p-1. The van der Waals surface area contributed by atoms with Gasteiger partial charge in [-0.15, -0.1) is 0 Å². The molecule has 0 radical (unpaired) electrons. The van der Waals surface area contributed by atoms with Crippen molar-refractivity contribution in [2.75, 3.05) is 6.61 Å². The van der Waals surface area contributed by atoms with Gasteiger partial charge in [-0.25, -0.2) is 8.42 Å². The molecular formula is C18H37NaO4S. The Hall–Kier alpha value is 0.870. The molecule has 0 aromatic heterocycles. The summed E-state index contributed by atoms with van der Waals surface area (Å²) in [5.41, 5.74) is 0. The number of aliphatic hydroxyl groups excluding tert-OH is 1. The fraction of sp³-hybridized carbons (Fsp3) is 1.00. The summed E-state index contributed by atoms with van der Waals surface area (Å²) in [4.78, 5) is 0. The fourth-order valence-electron chi connectivity index (χ4n) is 2.95. The zero-order valence-electron chi connectivity index (χ0n) is 16.0. The van der Waals surface area contributed by atoms with Crippen LogP contribution in [0.5, 0.6) is 0 Å². The van der Waals surface area contributed by atoms with E-state index in [0.29, 0.717) is 12.8 Å². The van der Waals surface area contributed by atoms with Crippen molar-refractivity contribution in [2.45, 2.75) is 108 Å². The molecule has 1 atom stereocenters. The average molecular weight is 373 g/mol. The normalized spacial score (nSPS) is 12.8. The minimum absolute atomic E-state index is 0. The molecule has 0 aliphatic rings. The van der Waals surface area contributed by atoms with E-state index in [4.69, 9.17) is 5.11 Å². The molecule has 0 amide bonds. The second kappa shape index (κ2) is 18.7. The Labute approximate surface area is 172 Å². The summed E-state index contributed by atoms with van der Waals surface area (Å²) in [5, 5.41) is 8.01. The Morgan fingerprint density at radius 1 is 0.750 bits per heavy atom. The average Bonchev–Trinajstić information content (AvgIpc) is 2.50. The van der Waals surface area contributed by atoms with Crippen LogP contribution in [0.2, 0.25) is 0 Å². The Morgan fingerprint density at radius 3 is 1.50 bits per heavy atom. The minimum atomic E-state index is -4.14. The Morgan fingerprint density at radius 2 is 1.12 bits per heavy atom. The van der Waals surface area contributed by atoms with Gasteiger partial charge < -0.3 is 9.66 Å². The summed E-state index contributed by atoms with van der Waals surface area (Å²) in [7, 11) is -4.14. The maximum absolute atomic E-state index is 11.3. The van der Waals surface area contributed by atoms with Crippen molar-refractivity contribution in [1.82, 2.24) is 0 Å². The third kappa shape index (κ3) is 17.7. The molecule has 0 aliphatic carbocycles. The van der Waals surface area contributed by atoms with Crippen molar-refractivity contribution in [3.05, 3.63) is 0 Å². The van der Waals surface area contributed by atoms with Crippen molar-refractivity contribution in [2.24, 2.45) is 0 Å². The molecule has 1 unspecified atom stereocenters. The number of hydrogen-bond acceptors (Lipinski definition) is 4. The summed E-state index contributed by atoms with van der Waals surface area (Å²) >= 11 is 0. The van der Waals surface area contributed by atoms with Crippen LogP contribution in [0.1, 0.15) is 103 Å². The van der Waals surface area contributed by atoms with Crippen LogP contribution in [0.15, 0.2) is 0 Å². The molecule has 0 bridgehead atoms. The molecule has 6 heteroatoms. The quantitative estimate of drug-likeness (QED) is 0.240. The van der Waals surface area contributed by atoms with E-state index in [2.05, 4.69) is 6.92 Å². The van der Waals surface area contributed by atoms with Crippen LogP contribution < -0.4 is 29.6 Å². The van der Waals surface area contributed by atoms with Gasteiger partial charge in [-0.05, 0) is 19.3 Å². The summed E-state index contributed by atoms with van der Waals surface area (Å²) in [5.74, 6) is 0. The van der Waals surface area contributed by atoms with Crippen molar-refractivity contribution < 1.29 is 47.6 Å². The fourth-order valence-corrected chi connectivity index (χ4v) is 3.86. The molecule has 4 nitrogen and oxygen atoms in total. The van der Waals surface area contributed by atoms with Crippen LogP contribution in [0.4, 0.5) is 0 Å². The van der Waals surface area contributed by atoms with E-state index in [-0.39, 0.29) is 36.2 Å². The smallest absolute Gasteiger partial charge is 0.748 e. The Balaban J connectivity index is 0. The van der Waals surface area contributed by atoms with Crippen LogP contribution in [-0.2, 0) is 10.1 Å². The van der Waals surface area contributed by atoms with Gasteiger partial charge >= 0.3 is 29.6 Å². The first-order valence-corrected chi connectivity index (χ1v) is 11.0. The van der Waals surface area contributed by atoms with Gasteiger partial charge in [0.1, 0.15) is 0 Å². The SMILES string of the molecule is CCCCCCCC(CCCCCCCCCCO)S(=O)(=O)[O-].[Na+]. The van der Waals surface area contributed by atoms with Crippen LogP contribution in [0, 0.1) is 0 Å². The summed E-state index contributed by atoms with van der Waals surface area (Å²) in [6.07, 6.45) is 14.9. The Bertz CT molecular complexity index is 347. The largest absolute Gasteiger partial charge is 1.00 e. The van der Waals surface area contributed by atoms with Gasteiger partial charge in [-0.3, -0.25) is 0 Å². The molecule has 0 fully saturated rings. The van der Waals surface area contributed by atoms with Crippen molar-refractivity contribution in [3.8, 4) is 0 Å². The van der Waals surface area contributed by atoms with Crippen LogP contribution in [0.25, 0.3) is 0 Å². The maximum atomic E-state index is 11.3. The molecular weight excluding hydrogens is 335 g/mol. The third-order valence-electron chi connectivity index (χ3n) is 4.47. The molecule has 0 spiro atoms. The number of unbranched alkanes of at least 4 members (excludes halogenated alkanes) is 11. The first-order chi connectivity index (χ1) is 11.0. The second-order valence-corrected chi connectivity index (χ2v) is 8.31. The van der Waals surface area contributed by atoms with Crippen molar-refractivity contribution in [1.29, 1.82) is 0 Å². The molecule has 1 N–H and O–H groups in total. The molecule has 0 heterocycles. The minimum Gasteiger partial charge on any atom is -0.748 e. The summed E-state index contributed by atoms with van der Waals surface area (Å²) < 4.78 is 34.0. The molecule has 0 aliphatic heterocycles. The van der Waals surface area contributed by atoms with Gasteiger partial charge in [0, 0.05) is 11.9 Å². The molecule has 0 aromatic carbocycles. The number of rotatable bonds is 17. The molecule has 0 saturated carbocycles. The van der Waals surface area contributed by atoms with E-state index in [9.17, 15) is 13.0 Å². The summed E-state index contributed by atoms with van der Waals surface area (Å²) in [6, 6.07) is 0. The molecule has 140 valence electrons. The molecule has 0 aromatic rings. The van der Waals surface area contributed by atoms with Crippen LogP contribution in [-0.4, -0.2) is 29.9 Å². The van der Waals surface area contributed by atoms with Crippen LogP contribution >= 0.6 is 0 Å². The van der Waals surface area contributed by atoms with E-state index in [1.54, 1.807) is 0 Å². The third-order valence-corrected chi connectivity index (χ3v) is 5.76. The number of hydrogen-bond donors (Lipinski definition) is 1. The van der Waals surface area contributed by atoms with Gasteiger partial charge in [-0.2, -0.15) is 0 Å². The molecule has 24 heavy (non-hydrogen) atoms. The van der Waals surface area contributed by atoms with E-state index >= 15 is 0 Å². The first-order valence-electron chi connectivity index (χ1n) is 9.58. The summed E-state index contributed by atoms with van der Waals surface area (Å²) in [6.45, 7) is 2.43. The second-order valence-electron chi connectivity index (χ2n) is 6.66. The zero-order valence-corrected chi connectivity index (χ0v) is 18.8. The monoisotopic (exact) mass is 372 g/mol. The topological polar surface area (TPSA) is 77.4 Å². The first kappa shape index (κ1) is 27.1. The molecule has 0 saturated heterocycles. The van der Waals surface area contributed by atoms with Crippen LogP contribution in [0.3, 0.4) is 0 Å².